The Bertz CT molecular complexity index is 381. The first-order valence-corrected chi connectivity index (χ1v) is 7.48. The van der Waals surface area contributed by atoms with E-state index >= 15 is 0 Å². The molecule has 3 aliphatic rings. The number of methoxy groups -OCH3 is 1. The second kappa shape index (κ2) is 4.57. The molecule has 2 aliphatic heterocycles. The maximum atomic E-state index is 6.08. The van der Waals surface area contributed by atoms with Gasteiger partial charge in [0, 0.05) is 13.0 Å². The lowest BCUT2D eigenvalue weighted by atomic mass is 9.70. The molecule has 0 amide bonds. The van der Waals surface area contributed by atoms with Gasteiger partial charge in [-0.1, -0.05) is 11.6 Å². The van der Waals surface area contributed by atoms with Crippen LogP contribution < -0.4 is 0 Å². The standard InChI is InChI=1S/C16H26O3/c1-11(2)5-6-14-15(3,19-14)13-9-12(17-4)7-8-16(13)10-18-16/h5,12-14H,6-10H2,1-4H3/t12?,13-,14?,15-,16?/m1/s1. The number of epoxide rings is 2. The van der Waals surface area contributed by atoms with Gasteiger partial charge in [0.25, 0.3) is 0 Å². The van der Waals surface area contributed by atoms with Crippen LogP contribution in [-0.4, -0.2) is 37.1 Å². The largest absolute Gasteiger partial charge is 0.381 e. The average Bonchev–Trinajstić information content (AvgIpc) is 3.27. The summed E-state index contributed by atoms with van der Waals surface area (Å²) in [4.78, 5) is 0. The Labute approximate surface area is 116 Å². The molecule has 0 bridgehead atoms. The van der Waals surface area contributed by atoms with Gasteiger partial charge in [0.05, 0.1) is 30.0 Å². The third-order valence-corrected chi connectivity index (χ3v) is 5.28. The highest BCUT2D eigenvalue weighted by Crippen LogP contribution is 2.58. The molecule has 3 fully saturated rings. The molecule has 108 valence electrons. The summed E-state index contributed by atoms with van der Waals surface area (Å²) in [7, 11) is 1.82. The van der Waals surface area contributed by atoms with Crippen molar-refractivity contribution in [3.8, 4) is 0 Å². The number of rotatable bonds is 4. The first-order chi connectivity index (χ1) is 9.00. The van der Waals surface area contributed by atoms with Crippen LogP contribution in [0.15, 0.2) is 11.6 Å². The van der Waals surface area contributed by atoms with Gasteiger partial charge in [-0.3, -0.25) is 0 Å². The van der Waals surface area contributed by atoms with E-state index in [1.165, 1.54) is 5.57 Å². The minimum absolute atomic E-state index is 0.000347. The molecule has 0 radical (unpaired) electrons. The lowest BCUT2D eigenvalue weighted by molar-refractivity contribution is -0.00877. The van der Waals surface area contributed by atoms with E-state index in [9.17, 15) is 0 Å². The Kier molecular flexibility index (Phi) is 3.27. The smallest absolute Gasteiger partial charge is 0.0980 e. The average molecular weight is 266 g/mol. The van der Waals surface area contributed by atoms with Crippen LogP contribution in [0.2, 0.25) is 0 Å². The van der Waals surface area contributed by atoms with Crippen LogP contribution in [0, 0.1) is 5.92 Å². The summed E-state index contributed by atoms with van der Waals surface area (Å²) in [6.07, 6.45) is 7.40. The lowest BCUT2D eigenvalue weighted by Gasteiger charge is -2.36. The molecule has 1 aliphatic carbocycles. The molecule has 1 spiro atoms. The van der Waals surface area contributed by atoms with Gasteiger partial charge >= 0.3 is 0 Å². The van der Waals surface area contributed by atoms with Crippen molar-refractivity contribution in [2.75, 3.05) is 13.7 Å². The SMILES string of the molecule is COC1CCC2(CO2)[C@@H]([C@@]2(C)OC2CC=C(C)C)C1. The van der Waals surface area contributed by atoms with Gasteiger partial charge in [-0.15, -0.1) is 0 Å². The van der Waals surface area contributed by atoms with Gasteiger partial charge in [0.2, 0.25) is 0 Å². The van der Waals surface area contributed by atoms with Gasteiger partial charge in [-0.2, -0.15) is 0 Å². The Balaban J connectivity index is 1.68. The summed E-state index contributed by atoms with van der Waals surface area (Å²) >= 11 is 0. The van der Waals surface area contributed by atoms with Crippen molar-refractivity contribution in [3.05, 3.63) is 11.6 Å². The molecule has 3 unspecified atom stereocenters. The van der Waals surface area contributed by atoms with Crippen LogP contribution in [0.4, 0.5) is 0 Å². The molecule has 5 atom stereocenters. The van der Waals surface area contributed by atoms with Gasteiger partial charge in [-0.25, -0.2) is 0 Å². The Morgan fingerprint density at radius 3 is 2.74 bits per heavy atom. The predicted octanol–water partition coefficient (Wildman–Crippen LogP) is 3.08. The maximum Gasteiger partial charge on any atom is 0.0980 e. The zero-order valence-corrected chi connectivity index (χ0v) is 12.6. The zero-order valence-electron chi connectivity index (χ0n) is 12.6. The van der Waals surface area contributed by atoms with Crippen molar-refractivity contribution in [2.24, 2.45) is 5.92 Å². The molecule has 0 aromatic heterocycles. The van der Waals surface area contributed by atoms with Crippen molar-refractivity contribution in [1.82, 2.24) is 0 Å². The van der Waals surface area contributed by atoms with Crippen LogP contribution in [0.5, 0.6) is 0 Å². The summed E-state index contributed by atoms with van der Waals surface area (Å²) in [6.45, 7) is 7.48. The second-order valence-corrected chi connectivity index (χ2v) is 6.85. The maximum absolute atomic E-state index is 6.08. The van der Waals surface area contributed by atoms with E-state index in [-0.39, 0.29) is 11.2 Å². The molecule has 3 nitrogen and oxygen atoms in total. The lowest BCUT2D eigenvalue weighted by Crippen LogP contribution is -2.44. The number of hydrogen-bond donors (Lipinski definition) is 0. The van der Waals surface area contributed by atoms with Crippen molar-refractivity contribution < 1.29 is 14.2 Å². The fraction of sp³-hybridized carbons (Fsp3) is 0.875. The summed E-state index contributed by atoms with van der Waals surface area (Å²) in [5.74, 6) is 0.495. The molecule has 0 N–H and O–H groups in total. The Morgan fingerprint density at radius 1 is 1.42 bits per heavy atom. The van der Waals surface area contributed by atoms with Gasteiger partial charge in [0.1, 0.15) is 0 Å². The van der Waals surface area contributed by atoms with Crippen LogP contribution in [0.1, 0.15) is 46.5 Å². The van der Waals surface area contributed by atoms with Gasteiger partial charge in [0.15, 0.2) is 0 Å². The van der Waals surface area contributed by atoms with E-state index in [0.717, 1.165) is 32.3 Å². The van der Waals surface area contributed by atoms with Crippen molar-refractivity contribution in [1.29, 1.82) is 0 Å². The van der Waals surface area contributed by atoms with Crippen molar-refractivity contribution in [2.45, 2.75) is 69.9 Å². The Hall–Kier alpha value is -0.380. The topological polar surface area (TPSA) is 34.3 Å². The van der Waals surface area contributed by atoms with Crippen LogP contribution in [0.3, 0.4) is 0 Å². The van der Waals surface area contributed by atoms with E-state index in [1.54, 1.807) is 0 Å². The molecule has 0 aromatic rings. The highest BCUT2D eigenvalue weighted by Gasteiger charge is 2.68. The van der Waals surface area contributed by atoms with Crippen LogP contribution in [0.25, 0.3) is 0 Å². The highest BCUT2D eigenvalue weighted by atomic mass is 16.6. The highest BCUT2D eigenvalue weighted by molar-refractivity contribution is 5.17. The van der Waals surface area contributed by atoms with Crippen LogP contribution in [-0.2, 0) is 14.2 Å². The van der Waals surface area contributed by atoms with E-state index in [2.05, 4.69) is 26.8 Å². The molecular weight excluding hydrogens is 240 g/mol. The fourth-order valence-electron chi connectivity index (χ4n) is 3.79. The first-order valence-electron chi connectivity index (χ1n) is 7.48. The summed E-state index contributed by atoms with van der Waals surface area (Å²) < 4.78 is 17.5. The van der Waals surface area contributed by atoms with E-state index < -0.39 is 0 Å². The first kappa shape index (κ1) is 13.6. The number of hydrogen-bond acceptors (Lipinski definition) is 3. The number of allylic oxidation sites excluding steroid dienone is 1. The minimum atomic E-state index is -0.000347. The fourth-order valence-corrected chi connectivity index (χ4v) is 3.79. The van der Waals surface area contributed by atoms with E-state index in [1.807, 2.05) is 7.11 Å². The Morgan fingerprint density at radius 2 is 2.16 bits per heavy atom. The molecule has 2 heterocycles. The minimum Gasteiger partial charge on any atom is -0.381 e. The molecule has 0 aromatic carbocycles. The number of ether oxygens (including phenoxy) is 3. The third-order valence-electron chi connectivity index (χ3n) is 5.28. The predicted molar refractivity (Wildman–Crippen MR) is 74.1 cm³/mol. The normalized spacial score (nSPS) is 48.1. The molecule has 3 rings (SSSR count). The quantitative estimate of drug-likeness (QED) is 0.579. The summed E-state index contributed by atoms with van der Waals surface area (Å²) in [6, 6.07) is 0. The molecule has 19 heavy (non-hydrogen) atoms. The second-order valence-electron chi connectivity index (χ2n) is 6.85. The molecule has 2 saturated heterocycles. The van der Waals surface area contributed by atoms with Crippen molar-refractivity contribution in [3.63, 3.8) is 0 Å². The van der Waals surface area contributed by atoms with Crippen LogP contribution >= 0.6 is 0 Å². The monoisotopic (exact) mass is 266 g/mol. The van der Waals surface area contributed by atoms with E-state index in [0.29, 0.717) is 18.1 Å². The molecule has 3 heteroatoms. The zero-order chi connectivity index (χ0) is 13.7. The molecular formula is C16H26O3. The van der Waals surface area contributed by atoms with E-state index in [4.69, 9.17) is 14.2 Å². The molecule has 1 saturated carbocycles. The van der Waals surface area contributed by atoms with Gasteiger partial charge in [-0.05, 0) is 46.5 Å². The summed E-state index contributed by atoms with van der Waals surface area (Å²) in [5, 5.41) is 0. The third kappa shape index (κ3) is 2.37. The summed E-state index contributed by atoms with van der Waals surface area (Å²) in [5.41, 5.74) is 1.48. The van der Waals surface area contributed by atoms with Gasteiger partial charge < -0.3 is 14.2 Å². The van der Waals surface area contributed by atoms with Crippen molar-refractivity contribution >= 4 is 0 Å².